The second-order valence-electron chi connectivity index (χ2n) is 6.45. The van der Waals surface area contributed by atoms with E-state index in [1.165, 1.54) is 31.2 Å². The molecule has 0 saturated carbocycles. The molecular weight excluding hydrogens is 426 g/mol. The molecule has 3 rings (SSSR count). The summed E-state index contributed by atoms with van der Waals surface area (Å²) in [7, 11) is 0. The molecule has 0 bridgehead atoms. The molecule has 0 unspecified atom stereocenters. The van der Waals surface area contributed by atoms with Gasteiger partial charge in [-0.05, 0) is 47.2 Å². The second kappa shape index (κ2) is 10.0. The van der Waals surface area contributed by atoms with Crippen LogP contribution in [0.3, 0.4) is 0 Å². The third-order valence-corrected chi connectivity index (χ3v) is 4.84. The lowest BCUT2D eigenvalue weighted by atomic mass is 10.0. The largest absolute Gasteiger partial charge is 0.452 e. The van der Waals surface area contributed by atoms with E-state index in [-0.39, 0.29) is 17.2 Å². The molecular formula is C22H18F2N2O4S. The zero-order chi connectivity index (χ0) is 22.4. The third-order valence-electron chi connectivity index (χ3n) is 4.11. The number of fused-ring (bicyclic) bond motifs is 1. The third kappa shape index (κ3) is 6.26. The summed E-state index contributed by atoms with van der Waals surface area (Å²) in [6.45, 7) is 0.765. The van der Waals surface area contributed by atoms with Crippen molar-refractivity contribution in [1.29, 1.82) is 0 Å². The standard InChI is InChI=1S/C22H18F2N2O4S/c1-13(27)25-19-11-15-5-3-2-4-14(15)10-18(19)21(29)30-12-20(28)26-16-6-8-17(9-7-16)31-22(23)24/h2-11,22H,12H2,1H3,(H,25,27)(H,26,28). The van der Waals surface area contributed by atoms with Crippen LogP contribution in [0.2, 0.25) is 0 Å². The Morgan fingerprint density at radius 3 is 2.23 bits per heavy atom. The van der Waals surface area contributed by atoms with E-state index in [1.807, 2.05) is 24.3 Å². The van der Waals surface area contributed by atoms with Crippen LogP contribution in [-0.2, 0) is 14.3 Å². The fourth-order valence-corrected chi connectivity index (χ4v) is 3.33. The van der Waals surface area contributed by atoms with Gasteiger partial charge >= 0.3 is 5.97 Å². The molecule has 0 aliphatic heterocycles. The average molecular weight is 444 g/mol. The molecule has 2 amide bonds. The fourth-order valence-electron chi connectivity index (χ4n) is 2.83. The van der Waals surface area contributed by atoms with Crippen molar-refractivity contribution in [3.05, 3.63) is 66.2 Å². The number of benzene rings is 3. The first kappa shape index (κ1) is 22.2. The topological polar surface area (TPSA) is 84.5 Å². The van der Waals surface area contributed by atoms with Gasteiger partial charge in [0.1, 0.15) is 0 Å². The van der Waals surface area contributed by atoms with E-state index in [1.54, 1.807) is 12.1 Å². The highest BCUT2D eigenvalue weighted by atomic mass is 32.2. The van der Waals surface area contributed by atoms with Gasteiger partial charge in [0, 0.05) is 17.5 Å². The predicted molar refractivity (Wildman–Crippen MR) is 115 cm³/mol. The van der Waals surface area contributed by atoms with Crippen LogP contribution >= 0.6 is 11.8 Å². The monoisotopic (exact) mass is 444 g/mol. The molecule has 0 aromatic heterocycles. The average Bonchev–Trinajstić information content (AvgIpc) is 2.72. The predicted octanol–water partition coefficient (Wildman–Crippen LogP) is 4.91. The van der Waals surface area contributed by atoms with Crippen molar-refractivity contribution in [2.75, 3.05) is 17.2 Å². The summed E-state index contributed by atoms with van der Waals surface area (Å²) in [4.78, 5) is 36.5. The van der Waals surface area contributed by atoms with Crippen molar-refractivity contribution < 1.29 is 27.9 Å². The maximum absolute atomic E-state index is 12.6. The Bertz CT molecular complexity index is 1120. The molecule has 3 aromatic rings. The highest BCUT2D eigenvalue weighted by molar-refractivity contribution is 7.99. The van der Waals surface area contributed by atoms with E-state index in [4.69, 9.17) is 4.74 Å². The van der Waals surface area contributed by atoms with Gasteiger partial charge in [-0.1, -0.05) is 36.0 Å². The SMILES string of the molecule is CC(=O)Nc1cc2ccccc2cc1C(=O)OCC(=O)Nc1ccc(SC(F)F)cc1. The number of amides is 2. The van der Waals surface area contributed by atoms with Gasteiger partial charge in [-0.25, -0.2) is 4.79 Å². The number of hydrogen-bond acceptors (Lipinski definition) is 5. The van der Waals surface area contributed by atoms with Gasteiger partial charge in [-0.15, -0.1) is 0 Å². The summed E-state index contributed by atoms with van der Waals surface area (Å²) in [6.07, 6.45) is 0. The quantitative estimate of drug-likeness (QED) is 0.400. The number of nitrogens with one attached hydrogen (secondary N) is 2. The van der Waals surface area contributed by atoms with Crippen LogP contribution in [0.25, 0.3) is 10.8 Å². The van der Waals surface area contributed by atoms with Crippen LogP contribution in [0.15, 0.2) is 65.6 Å². The highest BCUT2D eigenvalue weighted by Crippen LogP contribution is 2.27. The molecule has 0 spiro atoms. The van der Waals surface area contributed by atoms with Gasteiger partial charge in [0.2, 0.25) is 5.91 Å². The van der Waals surface area contributed by atoms with E-state index < -0.39 is 24.2 Å². The van der Waals surface area contributed by atoms with E-state index >= 15 is 0 Å². The Kier molecular flexibility index (Phi) is 7.19. The Labute approximate surface area is 181 Å². The number of anilines is 2. The number of esters is 1. The Morgan fingerprint density at radius 1 is 0.968 bits per heavy atom. The number of carbonyl (C=O) groups is 3. The lowest BCUT2D eigenvalue weighted by Gasteiger charge is -2.12. The maximum atomic E-state index is 12.6. The van der Waals surface area contributed by atoms with Crippen LogP contribution in [0.5, 0.6) is 0 Å². The summed E-state index contributed by atoms with van der Waals surface area (Å²) in [5.74, 6) is -4.24. The van der Waals surface area contributed by atoms with Gasteiger partial charge in [0.25, 0.3) is 11.7 Å². The van der Waals surface area contributed by atoms with Crippen LogP contribution in [0.4, 0.5) is 20.2 Å². The van der Waals surface area contributed by atoms with Crippen molar-refractivity contribution in [2.45, 2.75) is 17.6 Å². The zero-order valence-corrected chi connectivity index (χ0v) is 17.2. The Hall–Kier alpha value is -3.46. The molecule has 0 aliphatic carbocycles. The number of alkyl halides is 2. The summed E-state index contributed by atoms with van der Waals surface area (Å²) >= 11 is 0.399. The maximum Gasteiger partial charge on any atom is 0.340 e. The van der Waals surface area contributed by atoms with Gasteiger partial charge in [0.05, 0.1) is 11.3 Å². The van der Waals surface area contributed by atoms with Crippen molar-refractivity contribution in [3.8, 4) is 0 Å². The summed E-state index contributed by atoms with van der Waals surface area (Å²) in [5, 5.41) is 6.72. The molecule has 0 aliphatic rings. The highest BCUT2D eigenvalue weighted by Gasteiger charge is 2.17. The number of rotatable bonds is 7. The Morgan fingerprint density at radius 2 is 1.61 bits per heavy atom. The molecule has 0 fully saturated rings. The molecule has 0 saturated heterocycles. The first-order valence-electron chi connectivity index (χ1n) is 9.14. The molecule has 9 heteroatoms. The molecule has 160 valence electrons. The number of carbonyl (C=O) groups excluding carboxylic acids is 3. The normalized spacial score (nSPS) is 10.7. The number of ether oxygens (including phenoxy) is 1. The molecule has 2 N–H and O–H groups in total. The molecule has 31 heavy (non-hydrogen) atoms. The smallest absolute Gasteiger partial charge is 0.340 e. The lowest BCUT2D eigenvalue weighted by Crippen LogP contribution is -2.21. The van der Waals surface area contributed by atoms with Gasteiger partial charge in [-0.3, -0.25) is 9.59 Å². The van der Waals surface area contributed by atoms with Crippen LogP contribution in [0, 0.1) is 0 Å². The first-order valence-corrected chi connectivity index (χ1v) is 10.0. The van der Waals surface area contributed by atoms with Gasteiger partial charge < -0.3 is 15.4 Å². The van der Waals surface area contributed by atoms with Crippen molar-refractivity contribution in [3.63, 3.8) is 0 Å². The van der Waals surface area contributed by atoms with E-state index in [0.717, 1.165) is 10.8 Å². The number of hydrogen-bond donors (Lipinski definition) is 2. The van der Waals surface area contributed by atoms with E-state index in [2.05, 4.69) is 10.6 Å². The number of halogens is 2. The van der Waals surface area contributed by atoms with Crippen molar-refractivity contribution >= 4 is 51.7 Å². The minimum absolute atomic E-state index is 0.120. The van der Waals surface area contributed by atoms with Crippen LogP contribution < -0.4 is 10.6 Å². The molecule has 0 radical (unpaired) electrons. The van der Waals surface area contributed by atoms with Crippen LogP contribution in [0.1, 0.15) is 17.3 Å². The molecule has 6 nitrogen and oxygen atoms in total. The Balaban J connectivity index is 1.66. The fraction of sp³-hybridized carbons (Fsp3) is 0.136. The van der Waals surface area contributed by atoms with E-state index in [0.29, 0.717) is 22.3 Å². The number of thioether (sulfide) groups is 1. The lowest BCUT2D eigenvalue weighted by molar-refractivity contribution is -0.119. The van der Waals surface area contributed by atoms with Crippen molar-refractivity contribution in [1.82, 2.24) is 0 Å². The van der Waals surface area contributed by atoms with E-state index in [9.17, 15) is 23.2 Å². The molecule has 0 heterocycles. The second-order valence-corrected chi connectivity index (χ2v) is 7.52. The molecule has 0 atom stereocenters. The zero-order valence-electron chi connectivity index (χ0n) is 16.4. The minimum atomic E-state index is -2.53. The van der Waals surface area contributed by atoms with Gasteiger partial charge in [0.15, 0.2) is 6.61 Å². The summed E-state index contributed by atoms with van der Waals surface area (Å²) in [6, 6.07) is 16.4. The summed E-state index contributed by atoms with van der Waals surface area (Å²) < 4.78 is 29.8. The van der Waals surface area contributed by atoms with Crippen LogP contribution in [-0.4, -0.2) is 30.1 Å². The first-order chi connectivity index (χ1) is 14.8. The summed E-state index contributed by atoms with van der Waals surface area (Å²) in [5.41, 5.74) is 0.781. The minimum Gasteiger partial charge on any atom is -0.452 e. The molecule has 3 aromatic carbocycles. The van der Waals surface area contributed by atoms with Crippen molar-refractivity contribution in [2.24, 2.45) is 0 Å². The van der Waals surface area contributed by atoms with Gasteiger partial charge in [-0.2, -0.15) is 8.78 Å².